The molecule has 6 nitrogen and oxygen atoms in total. The third kappa shape index (κ3) is 6.95. The molecule has 0 unspecified atom stereocenters. The molecule has 0 saturated heterocycles. The van der Waals surface area contributed by atoms with E-state index in [2.05, 4.69) is 5.32 Å². The number of benzene rings is 1. The summed E-state index contributed by atoms with van der Waals surface area (Å²) in [5.41, 5.74) is 0. The SMILES string of the molecule is CCS(=O)(=O)N(C)CCCNC(=O)COc1ccc(Cl)cc1Cl. The van der Waals surface area contributed by atoms with E-state index >= 15 is 0 Å². The van der Waals surface area contributed by atoms with Crippen LogP contribution in [0.4, 0.5) is 0 Å². The van der Waals surface area contributed by atoms with Gasteiger partial charge in [0.05, 0.1) is 10.8 Å². The van der Waals surface area contributed by atoms with Crippen LogP contribution in [-0.4, -0.2) is 51.1 Å². The van der Waals surface area contributed by atoms with E-state index in [0.29, 0.717) is 35.3 Å². The van der Waals surface area contributed by atoms with Gasteiger partial charge < -0.3 is 10.1 Å². The van der Waals surface area contributed by atoms with Crippen molar-refractivity contribution in [2.75, 3.05) is 32.5 Å². The molecule has 1 aromatic carbocycles. The summed E-state index contributed by atoms with van der Waals surface area (Å²) in [7, 11) is -1.66. The summed E-state index contributed by atoms with van der Waals surface area (Å²) in [6, 6.07) is 4.73. The molecule has 23 heavy (non-hydrogen) atoms. The van der Waals surface area contributed by atoms with Crippen LogP contribution in [0.25, 0.3) is 0 Å². The molecule has 0 aliphatic rings. The summed E-state index contributed by atoms with van der Waals surface area (Å²) >= 11 is 11.7. The second kappa shape index (κ2) is 9.32. The Morgan fingerprint density at radius 2 is 2.04 bits per heavy atom. The predicted octanol–water partition coefficient (Wildman–Crippen LogP) is 2.16. The fourth-order valence-electron chi connectivity index (χ4n) is 1.68. The highest BCUT2D eigenvalue weighted by Crippen LogP contribution is 2.27. The van der Waals surface area contributed by atoms with Crippen LogP contribution in [0.2, 0.25) is 10.0 Å². The summed E-state index contributed by atoms with van der Waals surface area (Å²) in [6.07, 6.45) is 0.517. The fourth-order valence-corrected chi connectivity index (χ4v) is 2.99. The van der Waals surface area contributed by atoms with Crippen LogP contribution in [-0.2, 0) is 14.8 Å². The molecule has 0 bridgehead atoms. The third-order valence-electron chi connectivity index (χ3n) is 3.06. The minimum atomic E-state index is -3.18. The molecule has 130 valence electrons. The molecule has 1 amide bonds. The third-order valence-corrected chi connectivity index (χ3v) is 5.46. The average Bonchev–Trinajstić information content (AvgIpc) is 2.50. The number of halogens is 2. The van der Waals surface area contributed by atoms with E-state index in [1.165, 1.54) is 17.4 Å². The van der Waals surface area contributed by atoms with Gasteiger partial charge in [-0.05, 0) is 31.5 Å². The van der Waals surface area contributed by atoms with Gasteiger partial charge in [-0.3, -0.25) is 4.79 Å². The van der Waals surface area contributed by atoms with Crippen LogP contribution < -0.4 is 10.1 Å². The number of carbonyl (C=O) groups is 1. The first kappa shape index (κ1) is 20.0. The number of nitrogens with one attached hydrogen (secondary N) is 1. The zero-order valence-electron chi connectivity index (χ0n) is 13.0. The maximum absolute atomic E-state index is 11.7. The van der Waals surface area contributed by atoms with Crippen molar-refractivity contribution < 1.29 is 17.9 Å². The summed E-state index contributed by atoms with van der Waals surface area (Å²) < 4.78 is 29.7. The van der Waals surface area contributed by atoms with Gasteiger partial charge in [0.1, 0.15) is 5.75 Å². The molecule has 0 fully saturated rings. The van der Waals surface area contributed by atoms with Crippen molar-refractivity contribution in [1.82, 2.24) is 9.62 Å². The Labute approximate surface area is 146 Å². The Morgan fingerprint density at radius 1 is 1.35 bits per heavy atom. The number of carbonyl (C=O) groups excluding carboxylic acids is 1. The maximum Gasteiger partial charge on any atom is 0.257 e. The van der Waals surface area contributed by atoms with E-state index < -0.39 is 10.0 Å². The summed E-state index contributed by atoms with van der Waals surface area (Å²) in [6.45, 7) is 2.12. The molecule has 0 saturated carbocycles. The molecule has 1 N–H and O–H groups in total. The fraction of sp³-hybridized carbons (Fsp3) is 0.500. The Kier molecular flexibility index (Phi) is 8.11. The highest BCUT2D eigenvalue weighted by molar-refractivity contribution is 7.89. The van der Waals surface area contributed by atoms with E-state index in [-0.39, 0.29) is 18.3 Å². The first-order valence-electron chi connectivity index (χ1n) is 7.05. The van der Waals surface area contributed by atoms with Gasteiger partial charge in [0, 0.05) is 25.2 Å². The molecule has 0 radical (unpaired) electrons. The Morgan fingerprint density at radius 3 is 2.65 bits per heavy atom. The van der Waals surface area contributed by atoms with Gasteiger partial charge in [-0.25, -0.2) is 12.7 Å². The molecule has 0 spiro atoms. The minimum Gasteiger partial charge on any atom is -0.482 e. The van der Waals surface area contributed by atoms with Crippen molar-refractivity contribution in [1.29, 1.82) is 0 Å². The van der Waals surface area contributed by atoms with Crippen LogP contribution in [0.3, 0.4) is 0 Å². The topological polar surface area (TPSA) is 75.7 Å². The number of nitrogens with zero attached hydrogens (tertiary/aromatic N) is 1. The quantitative estimate of drug-likeness (QED) is 0.663. The summed E-state index contributed by atoms with van der Waals surface area (Å²) in [4.78, 5) is 11.7. The Bertz CT molecular complexity index is 638. The zero-order chi connectivity index (χ0) is 17.5. The normalized spacial score (nSPS) is 11.5. The van der Waals surface area contributed by atoms with Crippen molar-refractivity contribution in [3.8, 4) is 5.75 Å². The van der Waals surface area contributed by atoms with Gasteiger partial charge in [-0.15, -0.1) is 0 Å². The molecular formula is C14H20Cl2N2O4S. The molecule has 0 aromatic heterocycles. The van der Waals surface area contributed by atoms with Crippen LogP contribution >= 0.6 is 23.2 Å². The van der Waals surface area contributed by atoms with Crippen LogP contribution in [0, 0.1) is 0 Å². The number of hydrogen-bond acceptors (Lipinski definition) is 4. The maximum atomic E-state index is 11.7. The van der Waals surface area contributed by atoms with Crippen molar-refractivity contribution in [3.05, 3.63) is 28.2 Å². The van der Waals surface area contributed by atoms with Gasteiger partial charge in [0.2, 0.25) is 10.0 Å². The van der Waals surface area contributed by atoms with Gasteiger partial charge in [-0.2, -0.15) is 0 Å². The average molecular weight is 383 g/mol. The van der Waals surface area contributed by atoms with Crippen LogP contribution in [0.15, 0.2) is 18.2 Å². The number of sulfonamides is 1. The van der Waals surface area contributed by atoms with Crippen molar-refractivity contribution >= 4 is 39.1 Å². The van der Waals surface area contributed by atoms with E-state index in [4.69, 9.17) is 27.9 Å². The van der Waals surface area contributed by atoms with Gasteiger partial charge in [-0.1, -0.05) is 23.2 Å². The first-order valence-corrected chi connectivity index (χ1v) is 9.41. The number of rotatable bonds is 9. The lowest BCUT2D eigenvalue weighted by molar-refractivity contribution is -0.123. The highest BCUT2D eigenvalue weighted by Gasteiger charge is 2.14. The molecule has 9 heteroatoms. The molecule has 0 heterocycles. The summed E-state index contributed by atoms with van der Waals surface area (Å²) in [5.74, 6) is 0.128. The monoisotopic (exact) mass is 382 g/mol. The summed E-state index contributed by atoms with van der Waals surface area (Å²) in [5, 5.41) is 3.47. The lowest BCUT2D eigenvalue weighted by atomic mass is 10.3. The first-order chi connectivity index (χ1) is 10.8. The van der Waals surface area contributed by atoms with Crippen molar-refractivity contribution in [2.24, 2.45) is 0 Å². The second-order valence-electron chi connectivity index (χ2n) is 4.79. The van der Waals surface area contributed by atoms with Crippen molar-refractivity contribution in [2.45, 2.75) is 13.3 Å². The number of hydrogen-bond donors (Lipinski definition) is 1. The van der Waals surface area contributed by atoms with E-state index in [9.17, 15) is 13.2 Å². The molecular weight excluding hydrogens is 363 g/mol. The minimum absolute atomic E-state index is 0.0611. The van der Waals surface area contributed by atoms with E-state index in [0.717, 1.165) is 0 Å². The van der Waals surface area contributed by atoms with Gasteiger partial charge >= 0.3 is 0 Å². The highest BCUT2D eigenvalue weighted by atomic mass is 35.5. The second-order valence-corrected chi connectivity index (χ2v) is 8.00. The van der Waals surface area contributed by atoms with Gasteiger partial charge in [0.15, 0.2) is 6.61 Å². The Balaban J connectivity index is 2.27. The molecule has 0 aliphatic heterocycles. The van der Waals surface area contributed by atoms with Crippen molar-refractivity contribution in [3.63, 3.8) is 0 Å². The number of ether oxygens (including phenoxy) is 1. The van der Waals surface area contributed by atoms with Crippen LogP contribution in [0.5, 0.6) is 5.75 Å². The van der Waals surface area contributed by atoms with E-state index in [1.54, 1.807) is 19.1 Å². The molecule has 1 aromatic rings. The zero-order valence-corrected chi connectivity index (χ0v) is 15.3. The largest absolute Gasteiger partial charge is 0.482 e. The predicted molar refractivity (Wildman–Crippen MR) is 91.7 cm³/mol. The smallest absolute Gasteiger partial charge is 0.257 e. The Hall–Kier alpha value is -1.02. The van der Waals surface area contributed by atoms with Gasteiger partial charge in [0.25, 0.3) is 5.91 Å². The standard InChI is InChI=1S/C14H20Cl2N2O4S/c1-3-23(20,21)18(2)8-4-7-17-14(19)10-22-13-6-5-11(15)9-12(13)16/h5-6,9H,3-4,7-8,10H2,1-2H3,(H,17,19). The molecule has 0 atom stereocenters. The molecule has 0 aliphatic carbocycles. The van der Waals surface area contributed by atoms with Crippen LogP contribution in [0.1, 0.15) is 13.3 Å². The molecule has 1 rings (SSSR count). The lowest BCUT2D eigenvalue weighted by Gasteiger charge is -2.15. The number of amides is 1. The lowest BCUT2D eigenvalue weighted by Crippen LogP contribution is -2.34. The van der Waals surface area contributed by atoms with E-state index in [1.807, 2.05) is 0 Å².